The van der Waals surface area contributed by atoms with Crippen LogP contribution in [0.2, 0.25) is 0 Å². The summed E-state index contributed by atoms with van der Waals surface area (Å²) in [6.07, 6.45) is 6.43. The zero-order valence-electron chi connectivity index (χ0n) is 13.2. The molecule has 5 atom stereocenters. The van der Waals surface area contributed by atoms with Crippen LogP contribution in [-0.4, -0.2) is 38.9 Å². The second-order valence-electron chi connectivity index (χ2n) is 6.55. The fraction of sp³-hybridized carbons (Fsp3) is 0.562. The van der Waals surface area contributed by atoms with Gasteiger partial charge in [-0.1, -0.05) is 30.4 Å². The van der Waals surface area contributed by atoms with Crippen molar-refractivity contribution < 1.29 is 14.4 Å². The van der Waals surface area contributed by atoms with Gasteiger partial charge in [0, 0.05) is 0 Å². The first-order valence-corrected chi connectivity index (χ1v) is 9.12. The third-order valence-corrected chi connectivity index (χ3v) is 5.99. The number of carbonyl (C=O) groups excluding carboxylic acids is 3. The molecule has 126 valence electrons. The van der Waals surface area contributed by atoms with Crippen molar-refractivity contribution in [3.63, 3.8) is 0 Å². The SMILES string of the molecule is CC[C@H](C(=O)Nc1nncs1)N1C(=O)[C@@H]2[C@@H](C1=O)[C@H]1C=C[C@H]2CC1. The van der Waals surface area contributed by atoms with Crippen LogP contribution in [0.15, 0.2) is 17.7 Å². The number of anilines is 1. The van der Waals surface area contributed by atoms with Crippen molar-refractivity contribution in [3.8, 4) is 0 Å². The smallest absolute Gasteiger partial charge is 0.249 e. The molecule has 24 heavy (non-hydrogen) atoms. The molecule has 0 radical (unpaired) electrons. The van der Waals surface area contributed by atoms with Crippen molar-refractivity contribution in [2.45, 2.75) is 32.2 Å². The van der Waals surface area contributed by atoms with Crippen molar-refractivity contribution in [1.29, 1.82) is 0 Å². The molecule has 2 bridgehead atoms. The number of hydrogen-bond acceptors (Lipinski definition) is 6. The van der Waals surface area contributed by atoms with Crippen LogP contribution in [0.3, 0.4) is 0 Å². The lowest BCUT2D eigenvalue weighted by Gasteiger charge is -2.38. The molecule has 1 N–H and O–H groups in total. The van der Waals surface area contributed by atoms with Gasteiger partial charge in [-0.15, -0.1) is 10.2 Å². The minimum absolute atomic E-state index is 0.130. The molecule has 2 fully saturated rings. The number of allylic oxidation sites excluding steroid dienone is 2. The highest BCUT2D eigenvalue weighted by atomic mass is 32.1. The molecular formula is C16H18N4O3S. The summed E-state index contributed by atoms with van der Waals surface area (Å²) in [6.45, 7) is 1.81. The lowest BCUT2D eigenvalue weighted by Crippen LogP contribution is -2.47. The fourth-order valence-corrected chi connectivity index (χ4v) is 4.75. The largest absolute Gasteiger partial charge is 0.299 e. The first-order valence-electron chi connectivity index (χ1n) is 8.24. The standard InChI is InChI=1S/C16H18N4O3S/c1-2-10(13(21)18-16-19-17-7-24-16)20-14(22)11-8-3-4-9(6-5-8)12(11)15(20)23/h3-4,7-12H,2,5-6H2,1H3,(H,18,19,21)/t8-,9-,10+,11-,12-/m0/s1. The minimum Gasteiger partial charge on any atom is -0.299 e. The Labute approximate surface area is 143 Å². The molecule has 8 heteroatoms. The number of likely N-dealkylation sites (tertiary alicyclic amines) is 1. The Morgan fingerprint density at radius 2 is 1.92 bits per heavy atom. The van der Waals surface area contributed by atoms with Gasteiger partial charge in [0.05, 0.1) is 11.8 Å². The van der Waals surface area contributed by atoms with Crippen molar-refractivity contribution in [3.05, 3.63) is 17.7 Å². The second-order valence-corrected chi connectivity index (χ2v) is 7.38. The Kier molecular flexibility index (Phi) is 3.71. The number of fused-ring (bicyclic) bond motifs is 1. The Hall–Kier alpha value is -2.09. The number of nitrogens with one attached hydrogen (secondary N) is 1. The van der Waals surface area contributed by atoms with E-state index in [2.05, 4.69) is 27.7 Å². The van der Waals surface area contributed by atoms with Crippen LogP contribution in [0.1, 0.15) is 26.2 Å². The van der Waals surface area contributed by atoms with Crippen LogP contribution < -0.4 is 5.32 Å². The number of nitrogens with zero attached hydrogens (tertiary/aromatic N) is 3. The van der Waals surface area contributed by atoms with Gasteiger partial charge >= 0.3 is 0 Å². The van der Waals surface area contributed by atoms with E-state index >= 15 is 0 Å². The van der Waals surface area contributed by atoms with Crippen LogP contribution in [0, 0.1) is 23.7 Å². The van der Waals surface area contributed by atoms with E-state index in [-0.39, 0.29) is 41.4 Å². The Morgan fingerprint density at radius 3 is 2.38 bits per heavy atom. The average Bonchev–Trinajstić information content (AvgIpc) is 3.19. The maximum absolute atomic E-state index is 12.9. The van der Waals surface area contributed by atoms with Gasteiger partial charge < -0.3 is 0 Å². The van der Waals surface area contributed by atoms with Crippen LogP contribution in [0.25, 0.3) is 0 Å². The molecule has 4 aliphatic rings. The first kappa shape index (κ1) is 15.4. The number of aromatic nitrogens is 2. The van der Waals surface area contributed by atoms with Gasteiger partial charge in [0.15, 0.2) is 0 Å². The topological polar surface area (TPSA) is 92.3 Å². The van der Waals surface area contributed by atoms with Gasteiger partial charge in [-0.25, -0.2) is 0 Å². The quantitative estimate of drug-likeness (QED) is 0.658. The Bertz CT molecular complexity index is 685. The summed E-state index contributed by atoms with van der Waals surface area (Å²) in [4.78, 5) is 39.6. The lowest BCUT2D eigenvalue weighted by molar-refractivity contribution is -0.146. The van der Waals surface area contributed by atoms with E-state index in [0.29, 0.717) is 11.6 Å². The molecule has 1 saturated heterocycles. The van der Waals surface area contributed by atoms with Crippen LogP contribution in [0.4, 0.5) is 5.13 Å². The van der Waals surface area contributed by atoms with Gasteiger partial charge in [-0.05, 0) is 31.1 Å². The van der Waals surface area contributed by atoms with Gasteiger partial charge in [0.25, 0.3) is 0 Å². The van der Waals surface area contributed by atoms with Crippen LogP contribution in [-0.2, 0) is 14.4 Å². The molecule has 3 aliphatic carbocycles. The summed E-state index contributed by atoms with van der Waals surface area (Å²) in [5, 5.41) is 10.5. The number of rotatable bonds is 4. The van der Waals surface area contributed by atoms with E-state index in [1.54, 1.807) is 6.92 Å². The molecule has 0 unspecified atom stereocenters. The van der Waals surface area contributed by atoms with Gasteiger partial charge in [0.1, 0.15) is 11.6 Å². The molecule has 3 amide bonds. The summed E-state index contributed by atoms with van der Waals surface area (Å²) < 4.78 is 0. The second kappa shape index (κ2) is 5.77. The van der Waals surface area contributed by atoms with E-state index in [1.165, 1.54) is 21.7 Å². The van der Waals surface area contributed by atoms with Crippen molar-refractivity contribution >= 4 is 34.2 Å². The van der Waals surface area contributed by atoms with E-state index in [0.717, 1.165) is 12.8 Å². The predicted octanol–water partition coefficient (Wildman–Crippen LogP) is 1.45. The highest BCUT2D eigenvalue weighted by molar-refractivity contribution is 7.13. The van der Waals surface area contributed by atoms with Crippen molar-refractivity contribution in [2.24, 2.45) is 23.7 Å². The van der Waals surface area contributed by atoms with Crippen molar-refractivity contribution in [1.82, 2.24) is 15.1 Å². The molecule has 1 aromatic heterocycles. The van der Waals surface area contributed by atoms with E-state index < -0.39 is 6.04 Å². The van der Waals surface area contributed by atoms with E-state index in [1.807, 2.05) is 0 Å². The third-order valence-electron chi connectivity index (χ3n) is 5.38. The van der Waals surface area contributed by atoms with Gasteiger partial charge in [0.2, 0.25) is 22.9 Å². The summed E-state index contributed by atoms with van der Waals surface area (Å²) in [5.41, 5.74) is 1.51. The molecule has 0 aromatic carbocycles. The zero-order chi connectivity index (χ0) is 16.8. The molecule has 7 nitrogen and oxygen atoms in total. The highest BCUT2D eigenvalue weighted by Gasteiger charge is 2.58. The van der Waals surface area contributed by atoms with Crippen LogP contribution >= 0.6 is 11.3 Å². The number of amides is 3. The van der Waals surface area contributed by atoms with Crippen LogP contribution in [0.5, 0.6) is 0 Å². The zero-order valence-corrected chi connectivity index (χ0v) is 14.0. The number of carbonyl (C=O) groups is 3. The summed E-state index contributed by atoms with van der Waals surface area (Å²) in [5.74, 6) is -1.08. The third kappa shape index (κ3) is 2.20. The van der Waals surface area contributed by atoms with E-state index in [9.17, 15) is 14.4 Å². The molecular weight excluding hydrogens is 328 g/mol. The highest BCUT2D eigenvalue weighted by Crippen LogP contribution is 2.50. The molecule has 1 aromatic rings. The first-order chi connectivity index (χ1) is 11.6. The molecule has 1 aliphatic heterocycles. The normalized spacial score (nSPS) is 32.1. The Balaban J connectivity index is 1.59. The predicted molar refractivity (Wildman–Crippen MR) is 86.8 cm³/mol. The van der Waals surface area contributed by atoms with Crippen molar-refractivity contribution in [2.75, 3.05) is 5.32 Å². The average molecular weight is 346 g/mol. The molecule has 0 spiro atoms. The minimum atomic E-state index is -0.793. The summed E-state index contributed by atoms with van der Waals surface area (Å²) >= 11 is 1.20. The molecule has 5 rings (SSSR count). The number of imide groups is 1. The van der Waals surface area contributed by atoms with E-state index in [4.69, 9.17) is 0 Å². The summed E-state index contributed by atoms with van der Waals surface area (Å²) in [6, 6.07) is -0.793. The molecule has 1 saturated carbocycles. The number of hydrogen-bond donors (Lipinski definition) is 1. The Morgan fingerprint density at radius 1 is 1.29 bits per heavy atom. The molecule has 2 heterocycles. The lowest BCUT2D eigenvalue weighted by atomic mass is 9.63. The summed E-state index contributed by atoms with van der Waals surface area (Å²) in [7, 11) is 0. The van der Waals surface area contributed by atoms with Gasteiger partial charge in [-0.3, -0.25) is 24.6 Å². The maximum Gasteiger partial charge on any atom is 0.249 e. The van der Waals surface area contributed by atoms with Gasteiger partial charge in [-0.2, -0.15) is 0 Å². The fourth-order valence-electron chi connectivity index (χ4n) is 4.31. The monoisotopic (exact) mass is 346 g/mol. The maximum atomic E-state index is 12.9.